The van der Waals surface area contributed by atoms with Crippen LogP contribution in [-0.2, 0) is 11.2 Å². The molecule has 5 heteroatoms. The second-order valence-electron chi connectivity index (χ2n) is 4.44. The van der Waals surface area contributed by atoms with Crippen LogP contribution >= 0.6 is 0 Å². The lowest BCUT2D eigenvalue weighted by Crippen LogP contribution is -2.01. The predicted molar refractivity (Wildman–Crippen MR) is 85.6 cm³/mol. The number of nitrogens with two attached hydrogens (primary N) is 1. The zero-order valence-corrected chi connectivity index (χ0v) is 12.0. The van der Waals surface area contributed by atoms with Gasteiger partial charge in [0.15, 0.2) is 0 Å². The van der Waals surface area contributed by atoms with Crippen molar-refractivity contribution in [1.29, 1.82) is 0 Å². The molecule has 0 fully saturated rings. The molecule has 2 aromatic rings. The van der Waals surface area contributed by atoms with E-state index in [-0.39, 0.29) is 5.75 Å². The molecule has 0 aliphatic heterocycles. The van der Waals surface area contributed by atoms with Crippen LogP contribution in [0, 0.1) is 0 Å². The van der Waals surface area contributed by atoms with Crippen LogP contribution < -0.4 is 5.73 Å². The summed E-state index contributed by atoms with van der Waals surface area (Å²) in [6, 6.07) is 13.6. The minimum Gasteiger partial charge on any atom is -0.508 e. The molecule has 2 aromatic carbocycles. The van der Waals surface area contributed by atoms with Gasteiger partial charge in [-0.05, 0) is 42.8 Å². The Morgan fingerprint density at radius 1 is 1.05 bits per heavy atom. The largest absolute Gasteiger partial charge is 0.508 e. The minimum absolute atomic E-state index is 0.0787. The predicted octanol–water partition coefficient (Wildman–Crippen LogP) is 2.38. The number of aromatic hydroxyl groups is 2. The number of hydrogen-bond donors (Lipinski definition) is 4. The summed E-state index contributed by atoms with van der Waals surface area (Å²) in [4.78, 5) is 10.1. The summed E-state index contributed by atoms with van der Waals surface area (Å²) in [5.74, 6) is -0.644. The third-order valence-corrected chi connectivity index (χ3v) is 2.71. The molecule has 0 atom stereocenters. The van der Waals surface area contributed by atoms with E-state index in [4.69, 9.17) is 15.9 Å². The number of aliphatic carboxylic acids is 1. The van der Waals surface area contributed by atoms with Gasteiger partial charge in [0.25, 0.3) is 0 Å². The zero-order chi connectivity index (χ0) is 16.4. The Bertz CT molecular complexity index is 621. The molecule has 0 saturated heterocycles. The van der Waals surface area contributed by atoms with E-state index in [1.807, 2.05) is 12.1 Å². The van der Waals surface area contributed by atoms with Gasteiger partial charge >= 0.3 is 5.97 Å². The molecule has 0 aliphatic carbocycles. The number of carbonyl (C=O) groups is 1. The van der Waals surface area contributed by atoms with E-state index in [2.05, 4.69) is 0 Å². The highest BCUT2D eigenvalue weighted by atomic mass is 16.4. The van der Waals surface area contributed by atoms with Gasteiger partial charge < -0.3 is 21.1 Å². The SMILES string of the molecule is NCCc1ccc(O)cc1.O=C(O)/C=C/c1ccccc1O. The van der Waals surface area contributed by atoms with Gasteiger partial charge in [-0.3, -0.25) is 0 Å². The molecule has 0 aliphatic rings. The van der Waals surface area contributed by atoms with Gasteiger partial charge in [0.05, 0.1) is 0 Å². The summed E-state index contributed by atoms with van der Waals surface area (Å²) in [6.45, 7) is 0.658. The Kier molecular flexibility index (Phi) is 7.22. The van der Waals surface area contributed by atoms with Crippen LogP contribution in [0.2, 0.25) is 0 Å². The second kappa shape index (κ2) is 9.20. The number of hydrogen-bond acceptors (Lipinski definition) is 4. The van der Waals surface area contributed by atoms with E-state index in [1.54, 1.807) is 30.3 Å². The fourth-order valence-electron chi connectivity index (χ4n) is 1.62. The molecule has 22 heavy (non-hydrogen) atoms. The lowest BCUT2D eigenvalue weighted by atomic mass is 10.1. The van der Waals surface area contributed by atoms with Crippen molar-refractivity contribution >= 4 is 12.0 Å². The maximum absolute atomic E-state index is 10.1. The van der Waals surface area contributed by atoms with E-state index in [0.29, 0.717) is 17.9 Å². The van der Waals surface area contributed by atoms with Crippen LogP contribution in [0.25, 0.3) is 6.08 Å². The summed E-state index contributed by atoms with van der Waals surface area (Å²) in [5.41, 5.74) is 7.00. The maximum Gasteiger partial charge on any atom is 0.328 e. The summed E-state index contributed by atoms with van der Waals surface area (Å²) in [6.07, 6.45) is 3.20. The molecule has 2 rings (SSSR count). The van der Waals surface area contributed by atoms with Crippen LogP contribution in [0.5, 0.6) is 11.5 Å². The quantitative estimate of drug-likeness (QED) is 0.649. The minimum atomic E-state index is -1.03. The summed E-state index contributed by atoms with van der Waals surface area (Å²) in [5, 5.41) is 26.4. The lowest BCUT2D eigenvalue weighted by molar-refractivity contribution is -0.131. The average molecular weight is 301 g/mol. The highest BCUT2D eigenvalue weighted by molar-refractivity contribution is 5.85. The molecular formula is C17H19NO4. The van der Waals surface area contributed by atoms with Gasteiger partial charge in [-0.15, -0.1) is 0 Å². The molecule has 0 unspecified atom stereocenters. The standard InChI is InChI=1S/C9H8O3.C8H11NO/c10-8-4-2-1-3-7(8)5-6-9(11)12;9-6-5-7-1-3-8(10)4-2-7/h1-6,10H,(H,11,12);1-4,10H,5-6,9H2/b6-5+;. The lowest BCUT2D eigenvalue weighted by Gasteiger charge is -1.96. The molecule has 116 valence electrons. The van der Waals surface area contributed by atoms with Crippen LogP contribution in [0.4, 0.5) is 0 Å². The Labute approximate surface area is 129 Å². The van der Waals surface area contributed by atoms with E-state index < -0.39 is 5.97 Å². The average Bonchev–Trinajstić information content (AvgIpc) is 2.50. The van der Waals surface area contributed by atoms with Gasteiger partial charge in [0.1, 0.15) is 11.5 Å². The number of para-hydroxylation sites is 1. The molecular weight excluding hydrogens is 282 g/mol. The van der Waals surface area contributed by atoms with Crippen LogP contribution in [0.1, 0.15) is 11.1 Å². The Morgan fingerprint density at radius 2 is 1.68 bits per heavy atom. The molecule has 0 radical (unpaired) electrons. The Morgan fingerprint density at radius 3 is 2.23 bits per heavy atom. The Hall–Kier alpha value is -2.79. The van der Waals surface area contributed by atoms with Crippen molar-refractivity contribution in [3.8, 4) is 11.5 Å². The van der Waals surface area contributed by atoms with Gasteiger partial charge in [-0.25, -0.2) is 4.79 Å². The molecule has 0 heterocycles. The van der Waals surface area contributed by atoms with Gasteiger partial charge in [0.2, 0.25) is 0 Å². The first-order valence-corrected chi connectivity index (χ1v) is 6.70. The van der Waals surface area contributed by atoms with Gasteiger partial charge in [0, 0.05) is 11.6 Å². The highest BCUT2D eigenvalue weighted by Gasteiger charge is 1.94. The number of carboxylic acid groups (broad SMARTS) is 1. The normalized spacial score (nSPS) is 10.0. The van der Waals surface area contributed by atoms with Crippen molar-refractivity contribution in [2.24, 2.45) is 5.73 Å². The highest BCUT2D eigenvalue weighted by Crippen LogP contribution is 2.16. The van der Waals surface area contributed by atoms with Crippen molar-refractivity contribution < 1.29 is 20.1 Å². The topological polar surface area (TPSA) is 104 Å². The number of phenols is 2. The first-order valence-electron chi connectivity index (χ1n) is 6.70. The number of benzene rings is 2. The zero-order valence-electron chi connectivity index (χ0n) is 12.0. The fraction of sp³-hybridized carbons (Fsp3) is 0.118. The van der Waals surface area contributed by atoms with E-state index in [1.165, 1.54) is 17.7 Å². The maximum atomic E-state index is 10.1. The molecule has 0 amide bonds. The molecule has 5 N–H and O–H groups in total. The number of carboxylic acids is 1. The first kappa shape index (κ1) is 17.3. The van der Waals surface area contributed by atoms with Crippen molar-refractivity contribution in [3.05, 3.63) is 65.7 Å². The Balaban J connectivity index is 0.000000224. The van der Waals surface area contributed by atoms with Crippen LogP contribution in [0.3, 0.4) is 0 Å². The number of rotatable bonds is 4. The van der Waals surface area contributed by atoms with E-state index >= 15 is 0 Å². The van der Waals surface area contributed by atoms with Gasteiger partial charge in [-0.2, -0.15) is 0 Å². The summed E-state index contributed by atoms with van der Waals surface area (Å²) >= 11 is 0. The molecule has 5 nitrogen and oxygen atoms in total. The summed E-state index contributed by atoms with van der Waals surface area (Å²) in [7, 11) is 0. The van der Waals surface area contributed by atoms with E-state index in [9.17, 15) is 9.90 Å². The van der Waals surface area contributed by atoms with Crippen molar-refractivity contribution in [3.63, 3.8) is 0 Å². The van der Waals surface area contributed by atoms with Crippen molar-refractivity contribution in [2.45, 2.75) is 6.42 Å². The number of phenolic OH excluding ortho intramolecular Hbond substituents is 2. The smallest absolute Gasteiger partial charge is 0.328 e. The summed E-state index contributed by atoms with van der Waals surface area (Å²) < 4.78 is 0. The van der Waals surface area contributed by atoms with Crippen LogP contribution in [0.15, 0.2) is 54.6 Å². The van der Waals surface area contributed by atoms with E-state index in [0.717, 1.165) is 12.5 Å². The molecule has 0 spiro atoms. The molecule has 0 bridgehead atoms. The monoisotopic (exact) mass is 301 g/mol. The molecule has 0 saturated carbocycles. The second-order valence-corrected chi connectivity index (χ2v) is 4.44. The third-order valence-electron chi connectivity index (χ3n) is 2.71. The third kappa shape index (κ3) is 6.58. The van der Waals surface area contributed by atoms with Crippen LogP contribution in [-0.4, -0.2) is 27.8 Å². The first-order chi connectivity index (χ1) is 10.5. The fourth-order valence-corrected chi connectivity index (χ4v) is 1.62. The van der Waals surface area contributed by atoms with Gasteiger partial charge in [-0.1, -0.05) is 30.3 Å². The molecule has 0 aromatic heterocycles. The van der Waals surface area contributed by atoms with Crippen molar-refractivity contribution in [1.82, 2.24) is 0 Å². The van der Waals surface area contributed by atoms with Crippen molar-refractivity contribution in [2.75, 3.05) is 6.54 Å².